The number of nitrogens with two attached hydrogens (primary N) is 1. The summed E-state index contributed by atoms with van der Waals surface area (Å²) in [5, 5.41) is 15.5. The lowest BCUT2D eigenvalue weighted by Gasteiger charge is -2.05. The van der Waals surface area contributed by atoms with Crippen LogP contribution in [0.15, 0.2) is 24.3 Å². The number of nitrogens with one attached hydrogen (secondary N) is 1. The second-order valence-corrected chi connectivity index (χ2v) is 3.32. The first kappa shape index (κ1) is 10.1. The fraction of sp³-hybridized carbons (Fsp3) is 0.0909. The molecule has 5 heteroatoms. The lowest BCUT2D eigenvalue weighted by atomic mass is 10.2. The van der Waals surface area contributed by atoms with Crippen LogP contribution in [0.5, 0.6) is 11.6 Å². The summed E-state index contributed by atoms with van der Waals surface area (Å²) in [5.74, 6) is 0.866. The maximum atomic E-state index is 8.81. The van der Waals surface area contributed by atoms with Crippen LogP contribution in [-0.4, -0.2) is 10.2 Å². The van der Waals surface area contributed by atoms with Gasteiger partial charge in [-0.3, -0.25) is 5.10 Å². The minimum Gasteiger partial charge on any atom is -0.435 e. The van der Waals surface area contributed by atoms with E-state index < -0.39 is 0 Å². The maximum absolute atomic E-state index is 8.81. The SMILES string of the molecule is Cc1cc(Oc2cccc(C#N)c2N)n[nH]1. The molecule has 0 saturated heterocycles. The van der Waals surface area contributed by atoms with Gasteiger partial charge in [-0.15, -0.1) is 5.10 Å². The Bertz CT molecular complexity index is 553. The number of hydrogen-bond acceptors (Lipinski definition) is 4. The predicted molar refractivity (Wildman–Crippen MR) is 59.0 cm³/mol. The summed E-state index contributed by atoms with van der Waals surface area (Å²) < 4.78 is 5.45. The highest BCUT2D eigenvalue weighted by Gasteiger charge is 2.07. The molecule has 3 N–H and O–H groups in total. The van der Waals surface area contributed by atoms with Gasteiger partial charge in [0, 0.05) is 11.8 Å². The van der Waals surface area contributed by atoms with Crippen LogP contribution in [-0.2, 0) is 0 Å². The normalized spacial score (nSPS) is 9.75. The van der Waals surface area contributed by atoms with Crippen molar-refractivity contribution in [3.05, 3.63) is 35.5 Å². The van der Waals surface area contributed by atoms with Gasteiger partial charge in [0.05, 0.1) is 11.3 Å². The van der Waals surface area contributed by atoms with Gasteiger partial charge in [-0.25, -0.2) is 0 Å². The Morgan fingerprint density at radius 1 is 1.50 bits per heavy atom. The number of para-hydroxylation sites is 1. The first-order valence-electron chi connectivity index (χ1n) is 4.69. The summed E-state index contributed by atoms with van der Waals surface area (Å²) >= 11 is 0. The third kappa shape index (κ3) is 1.81. The zero-order valence-corrected chi connectivity index (χ0v) is 8.69. The average Bonchev–Trinajstić information content (AvgIpc) is 2.67. The van der Waals surface area contributed by atoms with Gasteiger partial charge in [0.15, 0.2) is 5.75 Å². The van der Waals surface area contributed by atoms with Crippen molar-refractivity contribution >= 4 is 5.69 Å². The molecule has 2 aromatic rings. The number of nitrogen functional groups attached to an aromatic ring is 1. The smallest absolute Gasteiger partial charge is 0.238 e. The largest absolute Gasteiger partial charge is 0.435 e. The fourth-order valence-electron chi connectivity index (χ4n) is 1.29. The second kappa shape index (κ2) is 3.95. The summed E-state index contributed by atoms with van der Waals surface area (Å²) in [6, 6.07) is 8.79. The summed E-state index contributed by atoms with van der Waals surface area (Å²) in [6.07, 6.45) is 0. The molecule has 5 nitrogen and oxygen atoms in total. The first-order chi connectivity index (χ1) is 7.70. The molecule has 16 heavy (non-hydrogen) atoms. The molecule has 0 aliphatic heterocycles. The molecule has 0 fully saturated rings. The lowest BCUT2D eigenvalue weighted by Crippen LogP contribution is -1.95. The molecule has 0 saturated carbocycles. The molecule has 0 unspecified atom stereocenters. The molecule has 0 spiro atoms. The van der Waals surface area contributed by atoms with E-state index in [1.54, 1.807) is 24.3 Å². The van der Waals surface area contributed by atoms with Crippen molar-refractivity contribution in [3.8, 4) is 17.7 Å². The van der Waals surface area contributed by atoms with Crippen molar-refractivity contribution in [1.29, 1.82) is 5.26 Å². The number of nitriles is 1. The zero-order chi connectivity index (χ0) is 11.5. The highest BCUT2D eigenvalue weighted by atomic mass is 16.5. The molecule has 1 aromatic carbocycles. The van der Waals surface area contributed by atoms with Crippen LogP contribution in [0, 0.1) is 18.3 Å². The summed E-state index contributed by atoms with van der Waals surface area (Å²) in [4.78, 5) is 0. The predicted octanol–water partition coefficient (Wildman–Crippen LogP) is 1.96. The Balaban J connectivity index is 2.32. The third-order valence-corrected chi connectivity index (χ3v) is 2.08. The van der Waals surface area contributed by atoms with Crippen LogP contribution >= 0.6 is 0 Å². The molecule has 2 rings (SSSR count). The van der Waals surface area contributed by atoms with E-state index in [1.165, 1.54) is 0 Å². The standard InChI is InChI=1S/C11H10N4O/c1-7-5-10(15-14-7)16-9-4-2-3-8(6-12)11(9)13/h2-5H,13H2,1H3,(H,14,15). The third-order valence-electron chi connectivity index (χ3n) is 2.08. The summed E-state index contributed by atoms with van der Waals surface area (Å²) in [7, 11) is 0. The van der Waals surface area contributed by atoms with E-state index >= 15 is 0 Å². The second-order valence-electron chi connectivity index (χ2n) is 3.32. The molecule has 80 valence electrons. The number of rotatable bonds is 2. The van der Waals surface area contributed by atoms with Crippen LogP contribution in [0.1, 0.15) is 11.3 Å². The van der Waals surface area contributed by atoms with Gasteiger partial charge in [-0.05, 0) is 19.1 Å². The molecule has 1 aromatic heterocycles. The van der Waals surface area contributed by atoms with E-state index in [1.807, 2.05) is 13.0 Å². The van der Waals surface area contributed by atoms with Gasteiger partial charge >= 0.3 is 0 Å². The topological polar surface area (TPSA) is 87.7 Å². The van der Waals surface area contributed by atoms with Gasteiger partial charge in [-0.1, -0.05) is 6.07 Å². The number of anilines is 1. The monoisotopic (exact) mass is 214 g/mol. The fourth-order valence-corrected chi connectivity index (χ4v) is 1.29. The highest BCUT2D eigenvalue weighted by Crippen LogP contribution is 2.28. The van der Waals surface area contributed by atoms with Gasteiger partial charge < -0.3 is 10.5 Å². The Morgan fingerprint density at radius 3 is 2.94 bits per heavy atom. The van der Waals surface area contributed by atoms with Crippen molar-refractivity contribution < 1.29 is 4.74 Å². The molecule has 0 aliphatic carbocycles. The van der Waals surface area contributed by atoms with Crippen molar-refractivity contribution in [2.75, 3.05) is 5.73 Å². The van der Waals surface area contributed by atoms with E-state index in [-0.39, 0.29) is 0 Å². The number of hydrogen-bond donors (Lipinski definition) is 2. The van der Waals surface area contributed by atoms with Crippen molar-refractivity contribution in [3.63, 3.8) is 0 Å². The highest BCUT2D eigenvalue weighted by molar-refractivity contribution is 5.63. The van der Waals surface area contributed by atoms with Crippen LogP contribution in [0.2, 0.25) is 0 Å². The van der Waals surface area contributed by atoms with Gasteiger partial charge in [0.1, 0.15) is 6.07 Å². The van der Waals surface area contributed by atoms with E-state index in [0.717, 1.165) is 5.69 Å². The lowest BCUT2D eigenvalue weighted by molar-refractivity contribution is 0.463. The molecule has 0 atom stereocenters. The van der Waals surface area contributed by atoms with E-state index in [9.17, 15) is 0 Å². The quantitative estimate of drug-likeness (QED) is 0.748. The number of H-pyrrole nitrogens is 1. The molecule has 0 bridgehead atoms. The summed E-state index contributed by atoms with van der Waals surface area (Å²) in [6.45, 7) is 1.87. The average molecular weight is 214 g/mol. The Kier molecular flexibility index (Phi) is 2.48. The molecule has 0 amide bonds. The van der Waals surface area contributed by atoms with Crippen molar-refractivity contribution in [2.24, 2.45) is 0 Å². The van der Waals surface area contributed by atoms with Crippen molar-refractivity contribution in [2.45, 2.75) is 6.92 Å². The van der Waals surface area contributed by atoms with Gasteiger partial charge in [0.25, 0.3) is 0 Å². The number of nitrogens with zero attached hydrogens (tertiary/aromatic N) is 2. The van der Waals surface area contributed by atoms with E-state index in [4.69, 9.17) is 15.7 Å². The Labute approximate surface area is 92.5 Å². The summed E-state index contributed by atoms with van der Waals surface area (Å²) in [5.41, 5.74) is 7.37. The maximum Gasteiger partial charge on any atom is 0.238 e. The molecule has 0 aliphatic rings. The molecular weight excluding hydrogens is 204 g/mol. The number of ether oxygens (including phenoxy) is 1. The first-order valence-corrected chi connectivity index (χ1v) is 4.69. The number of aromatic nitrogens is 2. The zero-order valence-electron chi connectivity index (χ0n) is 8.69. The molecule has 0 radical (unpaired) electrons. The minimum absolute atomic E-state index is 0.325. The minimum atomic E-state index is 0.325. The van der Waals surface area contributed by atoms with Gasteiger partial charge in [0.2, 0.25) is 5.88 Å². The Morgan fingerprint density at radius 2 is 2.31 bits per heavy atom. The molecular formula is C11H10N4O. The number of aromatic amines is 1. The Hall–Kier alpha value is -2.48. The van der Waals surface area contributed by atoms with E-state index in [2.05, 4.69) is 10.2 Å². The van der Waals surface area contributed by atoms with Crippen molar-refractivity contribution in [1.82, 2.24) is 10.2 Å². The van der Waals surface area contributed by atoms with Crippen LogP contribution in [0.25, 0.3) is 0 Å². The van der Waals surface area contributed by atoms with Crippen LogP contribution in [0.4, 0.5) is 5.69 Å². The number of aryl methyl sites for hydroxylation is 1. The molecule has 1 heterocycles. The van der Waals surface area contributed by atoms with Crippen LogP contribution in [0.3, 0.4) is 0 Å². The van der Waals surface area contributed by atoms with Gasteiger partial charge in [-0.2, -0.15) is 5.26 Å². The van der Waals surface area contributed by atoms with E-state index in [0.29, 0.717) is 22.9 Å². The number of benzene rings is 1. The van der Waals surface area contributed by atoms with Crippen LogP contribution < -0.4 is 10.5 Å².